The summed E-state index contributed by atoms with van der Waals surface area (Å²) in [7, 11) is 0. The molecule has 3 aromatic carbocycles. The molecule has 1 N–H and O–H groups in total. The molecule has 3 aromatic rings. The summed E-state index contributed by atoms with van der Waals surface area (Å²) in [6.07, 6.45) is 0. The van der Waals surface area contributed by atoms with Crippen LogP contribution in [0.5, 0.6) is 0 Å². The molecule has 4 rings (SSSR count). The first-order valence-corrected chi connectivity index (χ1v) is 13.6. The number of aryl methyl sites for hydroxylation is 2. The third-order valence-electron chi connectivity index (χ3n) is 6.14. The molecule has 1 aliphatic carbocycles. The van der Waals surface area contributed by atoms with Crippen LogP contribution < -0.4 is 5.32 Å². The fourth-order valence-electron chi connectivity index (χ4n) is 4.38. The van der Waals surface area contributed by atoms with Crippen molar-refractivity contribution in [2.75, 3.05) is 11.1 Å². The van der Waals surface area contributed by atoms with Crippen LogP contribution in [0.1, 0.15) is 36.5 Å². The minimum Gasteiger partial charge on any atom is -0.359 e. The fraction of sp³-hybridized carbons (Fsp3) is 0.310. The highest BCUT2D eigenvalue weighted by atomic mass is 35.5. The first-order chi connectivity index (χ1) is 16.3. The summed E-state index contributed by atoms with van der Waals surface area (Å²) in [6, 6.07) is 20.4. The second-order valence-corrected chi connectivity index (χ2v) is 12.8. The molecule has 1 aliphatic rings. The Hall–Kier alpha value is -1.65. The highest BCUT2D eigenvalue weighted by molar-refractivity contribution is 7.99. The van der Waals surface area contributed by atoms with Gasteiger partial charge in [-0.1, -0.05) is 42.4 Å². The van der Waals surface area contributed by atoms with Crippen molar-refractivity contribution in [1.29, 1.82) is 0 Å². The van der Waals surface area contributed by atoms with Crippen molar-refractivity contribution in [3.63, 3.8) is 0 Å². The van der Waals surface area contributed by atoms with E-state index in [9.17, 15) is 4.39 Å². The van der Waals surface area contributed by atoms with E-state index in [2.05, 4.69) is 49.2 Å². The molecule has 0 saturated heterocycles. The summed E-state index contributed by atoms with van der Waals surface area (Å²) in [5, 5.41) is 4.11. The first-order valence-electron chi connectivity index (χ1n) is 11.5. The van der Waals surface area contributed by atoms with Gasteiger partial charge in [0.2, 0.25) is 0 Å². The van der Waals surface area contributed by atoms with Crippen molar-refractivity contribution in [2.45, 2.75) is 48.5 Å². The van der Waals surface area contributed by atoms with Crippen molar-refractivity contribution in [3.05, 3.63) is 94.7 Å². The van der Waals surface area contributed by atoms with Gasteiger partial charge in [-0.15, -0.1) is 35.0 Å². The molecule has 2 unspecified atom stereocenters. The number of hydrogen-bond donors (Lipinski definition) is 1. The molecule has 0 aliphatic heterocycles. The molecular formula is C29H29Cl3FNS. The van der Waals surface area contributed by atoms with Crippen LogP contribution in [-0.4, -0.2) is 15.8 Å². The van der Waals surface area contributed by atoms with Crippen LogP contribution >= 0.6 is 46.6 Å². The van der Waals surface area contributed by atoms with Gasteiger partial charge in [-0.05, 0) is 91.9 Å². The van der Waals surface area contributed by atoms with E-state index in [0.29, 0.717) is 10.8 Å². The Kier molecular flexibility index (Phi) is 7.56. The number of benzene rings is 3. The second-order valence-electron chi connectivity index (χ2n) is 9.90. The maximum atomic E-state index is 13.8. The van der Waals surface area contributed by atoms with Crippen LogP contribution in [0.25, 0.3) is 11.1 Å². The van der Waals surface area contributed by atoms with Gasteiger partial charge in [-0.25, -0.2) is 4.39 Å². The van der Waals surface area contributed by atoms with E-state index in [4.69, 9.17) is 34.8 Å². The molecule has 1 fully saturated rings. The first kappa shape index (κ1) is 26.4. The summed E-state index contributed by atoms with van der Waals surface area (Å²) in [6.45, 7) is 11.5. The Morgan fingerprint density at radius 2 is 1.74 bits per heavy atom. The lowest BCUT2D eigenvalue weighted by Crippen LogP contribution is -2.14. The minimum absolute atomic E-state index is 0.0764. The molecular weight excluding hydrogens is 520 g/mol. The van der Waals surface area contributed by atoms with Gasteiger partial charge in [-0.2, -0.15) is 0 Å². The van der Waals surface area contributed by atoms with Gasteiger partial charge < -0.3 is 5.32 Å². The second kappa shape index (κ2) is 10.0. The molecule has 1 saturated carbocycles. The molecule has 35 heavy (non-hydrogen) atoms. The fourth-order valence-corrected chi connectivity index (χ4v) is 6.41. The Labute approximate surface area is 227 Å². The van der Waals surface area contributed by atoms with Crippen molar-refractivity contribution in [1.82, 2.24) is 0 Å². The van der Waals surface area contributed by atoms with Crippen molar-refractivity contribution in [2.24, 2.45) is 5.92 Å². The molecule has 6 heteroatoms. The molecule has 0 radical (unpaired) electrons. The Morgan fingerprint density at radius 3 is 2.37 bits per heavy atom. The smallest absolute Gasteiger partial charge is 0.134 e. The quantitative estimate of drug-likeness (QED) is 0.222. The topological polar surface area (TPSA) is 12.0 Å². The van der Waals surface area contributed by atoms with Crippen LogP contribution in [0.3, 0.4) is 0 Å². The number of anilines is 1. The van der Waals surface area contributed by atoms with E-state index >= 15 is 0 Å². The van der Waals surface area contributed by atoms with E-state index < -0.39 is 10.0 Å². The van der Waals surface area contributed by atoms with Gasteiger partial charge in [0.25, 0.3) is 0 Å². The zero-order chi connectivity index (χ0) is 25.5. The number of nitrogens with one attached hydrogen (secondary N) is 1. The summed E-state index contributed by atoms with van der Waals surface area (Å²) in [5.74, 6) is 0.212. The summed E-state index contributed by atoms with van der Waals surface area (Å²) < 4.78 is 12.9. The monoisotopic (exact) mass is 547 g/mol. The number of halogens is 4. The van der Waals surface area contributed by atoms with Crippen molar-refractivity contribution in [3.8, 4) is 11.1 Å². The zero-order valence-electron chi connectivity index (χ0n) is 20.3. The standard InChI is InChI=1S/C29H29Cl3FNS/c1-17-12-21(14-22(30)13-17)27-26(29(27,31)32)19(3)34-23-9-6-18(2)25(15-23)20-7-10-24(11-8-20)35-16-28(4,5)33/h6-15,26-27,34H,3,16H2,1-2,4-5H3. The Bertz CT molecular complexity index is 1230. The van der Waals surface area contributed by atoms with Gasteiger partial charge >= 0.3 is 0 Å². The maximum absolute atomic E-state index is 13.8. The summed E-state index contributed by atoms with van der Waals surface area (Å²) in [4.78, 5) is 1.05. The normalized spacial score (nSPS) is 18.9. The van der Waals surface area contributed by atoms with Crippen LogP contribution in [0.15, 0.2) is 77.8 Å². The van der Waals surface area contributed by atoms with Crippen LogP contribution in [0.2, 0.25) is 5.02 Å². The van der Waals surface area contributed by atoms with Crippen LogP contribution in [-0.2, 0) is 0 Å². The molecule has 0 heterocycles. The SMILES string of the molecule is C=C(Nc1ccc(C)c(-c2ccc(SCC(C)(C)F)cc2)c1)C1C(c2cc(C)cc(Cl)c2)C1(Cl)Cl. The third kappa shape index (κ3) is 6.20. The molecule has 2 atom stereocenters. The number of rotatable bonds is 8. The van der Waals surface area contributed by atoms with E-state index in [-0.39, 0.29) is 11.8 Å². The van der Waals surface area contributed by atoms with Gasteiger partial charge in [0.1, 0.15) is 10.0 Å². The lowest BCUT2D eigenvalue weighted by Gasteiger charge is -2.15. The Morgan fingerprint density at radius 1 is 1.06 bits per heavy atom. The number of allylic oxidation sites excluding steroid dienone is 1. The third-order valence-corrected chi connectivity index (χ3v) is 8.74. The molecule has 0 amide bonds. The number of thioether (sulfide) groups is 1. The van der Waals surface area contributed by atoms with Crippen molar-refractivity contribution < 1.29 is 4.39 Å². The molecule has 0 spiro atoms. The van der Waals surface area contributed by atoms with E-state index in [1.54, 1.807) is 13.8 Å². The lowest BCUT2D eigenvalue weighted by molar-refractivity contribution is 0.253. The molecule has 0 aromatic heterocycles. The van der Waals surface area contributed by atoms with Crippen LogP contribution in [0, 0.1) is 19.8 Å². The van der Waals surface area contributed by atoms with Gasteiger partial charge in [0.05, 0.1) is 0 Å². The van der Waals surface area contributed by atoms with E-state index in [1.165, 1.54) is 11.8 Å². The average molecular weight is 549 g/mol. The van der Waals surface area contributed by atoms with Gasteiger partial charge in [0.15, 0.2) is 0 Å². The van der Waals surface area contributed by atoms with E-state index in [1.807, 2.05) is 37.3 Å². The molecule has 184 valence electrons. The van der Waals surface area contributed by atoms with E-state index in [0.717, 1.165) is 44.1 Å². The van der Waals surface area contributed by atoms with Crippen molar-refractivity contribution >= 4 is 52.3 Å². The predicted octanol–water partition coefficient (Wildman–Crippen LogP) is 9.98. The highest BCUT2D eigenvalue weighted by Crippen LogP contribution is 2.67. The minimum atomic E-state index is -1.20. The Balaban J connectivity index is 1.50. The van der Waals surface area contributed by atoms with Crippen LogP contribution in [0.4, 0.5) is 10.1 Å². The highest BCUT2D eigenvalue weighted by Gasteiger charge is 2.65. The lowest BCUT2D eigenvalue weighted by atomic mass is 10.00. The summed E-state index contributed by atoms with van der Waals surface area (Å²) >= 11 is 21.2. The van der Waals surface area contributed by atoms with Gasteiger partial charge in [0, 0.05) is 38.9 Å². The van der Waals surface area contributed by atoms with Gasteiger partial charge in [-0.3, -0.25) is 0 Å². The number of alkyl halides is 3. The molecule has 0 bridgehead atoms. The predicted molar refractivity (Wildman–Crippen MR) is 152 cm³/mol. The largest absolute Gasteiger partial charge is 0.359 e. The number of hydrogen-bond acceptors (Lipinski definition) is 2. The zero-order valence-corrected chi connectivity index (χ0v) is 23.3. The summed E-state index contributed by atoms with van der Waals surface area (Å²) in [5.41, 5.74) is 5.97. The maximum Gasteiger partial charge on any atom is 0.134 e. The average Bonchev–Trinajstić information content (AvgIpc) is 3.35. The molecule has 1 nitrogen and oxygen atoms in total.